The molecule has 2 atom stereocenters. The smallest absolute Gasteiger partial charge is 0.146 e. The van der Waals surface area contributed by atoms with Gasteiger partial charge in [0.25, 0.3) is 0 Å². The number of hydrogen-bond donors (Lipinski definition) is 8. The predicted octanol–water partition coefficient (Wildman–Crippen LogP) is 7.88. The van der Waals surface area contributed by atoms with Gasteiger partial charge in [-0.2, -0.15) is 0 Å². The van der Waals surface area contributed by atoms with E-state index >= 15 is 0 Å². The van der Waals surface area contributed by atoms with Gasteiger partial charge in [0.15, 0.2) is 0 Å². The zero-order chi connectivity index (χ0) is 42.6. The summed E-state index contributed by atoms with van der Waals surface area (Å²) >= 11 is 0. The molecular formula is C49H44O12. The van der Waals surface area contributed by atoms with Crippen LogP contribution in [0.2, 0.25) is 0 Å². The average Bonchev–Trinajstić information content (AvgIpc) is 3.25. The quantitative estimate of drug-likeness (QED) is 0.0347. The molecule has 0 heterocycles. The van der Waals surface area contributed by atoms with E-state index in [4.69, 9.17) is 18.9 Å². The molecule has 61 heavy (non-hydrogen) atoms. The van der Waals surface area contributed by atoms with E-state index in [1.54, 1.807) is 109 Å². The summed E-state index contributed by atoms with van der Waals surface area (Å²) in [6.45, 7) is -0.620. The Kier molecular flexibility index (Phi) is 11.9. The third-order valence-electron chi connectivity index (χ3n) is 10.7. The van der Waals surface area contributed by atoms with Crippen molar-refractivity contribution in [1.82, 2.24) is 0 Å². The van der Waals surface area contributed by atoms with E-state index in [1.807, 2.05) is 12.1 Å². The summed E-state index contributed by atoms with van der Waals surface area (Å²) in [5.74, 6) is 1.17. The van der Waals surface area contributed by atoms with Crippen LogP contribution in [-0.4, -0.2) is 86.3 Å². The summed E-state index contributed by atoms with van der Waals surface area (Å²) in [6, 6.07) is 34.0. The average molecular weight is 825 g/mol. The van der Waals surface area contributed by atoms with E-state index < -0.39 is 12.2 Å². The Morgan fingerprint density at radius 3 is 1.03 bits per heavy atom. The van der Waals surface area contributed by atoms with Crippen molar-refractivity contribution in [2.45, 2.75) is 25.0 Å². The number of aliphatic hydroxyl groups excluding tert-OH is 2. The van der Waals surface area contributed by atoms with Crippen molar-refractivity contribution in [3.05, 3.63) is 144 Å². The first kappa shape index (κ1) is 40.8. The van der Waals surface area contributed by atoms with Gasteiger partial charge in [-0.15, -0.1) is 0 Å². The Morgan fingerprint density at radius 2 is 0.672 bits per heavy atom. The van der Waals surface area contributed by atoms with Crippen molar-refractivity contribution >= 4 is 43.1 Å². The molecule has 0 fully saturated rings. The fourth-order valence-electron chi connectivity index (χ4n) is 7.60. The number of phenols is 6. The first-order valence-electron chi connectivity index (χ1n) is 19.6. The first-order valence-corrected chi connectivity index (χ1v) is 19.6. The lowest BCUT2D eigenvalue weighted by Gasteiger charge is -2.16. The highest BCUT2D eigenvalue weighted by Crippen LogP contribution is 2.39. The number of aromatic hydroxyl groups is 6. The molecule has 8 aromatic rings. The minimum absolute atomic E-state index is 0.0366. The second kappa shape index (κ2) is 17.7. The van der Waals surface area contributed by atoms with E-state index in [1.165, 1.54) is 0 Å². The van der Waals surface area contributed by atoms with Crippen LogP contribution in [0.5, 0.6) is 46.0 Å². The zero-order valence-corrected chi connectivity index (χ0v) is 32.9. The van der Waals surface area contributed by atoms with Gasteiger partial charge in [0, 0.05) is 35.1 Å². The molecule has 0 aliphatic heterocycles. The highest BCUT2D eigenvalue weighted by molar-refractivity contribution is 5.94. The molecule has 0 saturated heterocycles. The maximum Gasteiger partial charge on any atom is 0.146 e. The Balaban J connectivity index is 0.820. The first-order chi connectivity index (χ1) is 29.5. The van der Waals surface area contributed by atoms with Crippen molar-refractivity contribution in [2.24, 2.45) is 0 Å². The molecule has 12 heteroatoms. The Hall–Kier alpha value is -6.96. The van der Waals surface area contributed by atoms with E-state index in [0.29, 0.717) is 55.3 Å². The molecule has 8 aromatic carbocycles. The molecule has 0 bridgehead atoms. The number of benzene rings is 8. The zero-order valence-electron chi connectivity index (χ0n) is 32.9. The van der Waals surface area contributed by atoms with Gasteiger partial charge in [0.1, 0.15) is 78.2 Å². The van der Waals surface area contributed by atoms with Gasteiger partial charge in [-0.3, -0.25) is 0 Å². The van der Waals surface area contributed by atoms with E-state index in [0.717, 1.165) is 21.5 Å². The van der Waals surface area contributed by atoms with Gasteiger partial charge in [0.05, 0.1) is 13.2 Å². The molecule has 12 nitrogen and oxygen atoms in total. The van der Waals surface area contributed by atoms with Crippen LogP contribution in [-0.2, 0) is 22.3 Å². The number of ether oxygens (including phenoxy) is 4. The van der Waals surface area contributed by atoms with Gasteiger partial charge in [-0.05, 0) is 116 Å². The Bertz CT molecular complexity index is 2670. The fourth-order valence-corrected chi connectivity index (χ4v) is 7.60. The summed E-state index contributed by atoms with van der Waals surface area (Å²) in [4.78, 5) is 0. The number of aliphatic hydroxyl groups is 2. The third kappa shape index (κ3) is 9.13. The standard InChI is InChI=1S/C49H44O12/c50-32-9-1-28-5-13-46(54)42(38(28)17-32)21-44-40-19-36(11-3-30(40)7-15-48(44)56)60-25-34(52)23-58-27-59-24-35(53)26-61-37-12-4-31-8-16-49(57)45(41(31)20-37)22-43-39-18-33(51)10-2-29(39)6-14-47(43)55/h1-20,34-35,50-57H,21-27H2. The second-order valence-corrected chi connectivity index (χ2v) is 15.0. The Labute approximate surface area is 349 Å². The molecular weight excluding hydrogens is 781 g/mol. The monoisotopic (exact) mass is 824 g/mol. The molecule has 312 valence electrons. The normalized spacial score (nSPS) is 12.6. The molecule has 8 rings (SSSR count). The Morgan fingerprint density at radius 1 is 0.361 bits per heavy atom. The van der Waals surface area contributed by atoms with Crippen molar-refractivity contribution < 1.29 is 59.8 Å². The van der Waals surface area contributed by atoms with Crippen LogP contribution in [0, 0.1) is 0 Å². The van der Waals surface area contributed by atoms with Crippen molar-refractivity contribution in [3.63, 3.8) is 0 Å². The number of rotatable bonds is 16. The van der Waals surface area contributed by atoms with E-state index in [2.05, 4.69) is 0 Å². The number of fused-ring (bicyclic) bond motifs is 4. The molecule has 0 aliphatic rings. The van der Waals surface area contributed by atoms with E-state index in [9.17, 15) is 40.9 Å². The van der Waals surface area contributed by atoms with Gasteiger partial charge in [-0.1, -0.05) is 48.5 Å². The summed E-state index contributed by atoms with van der Waals surface area (Å²) in [7, 11) is 0. The highest BCUT2D eigenvalue weighted by Gasteiger charge is 2.18. The van der Waals surface area contributed by atoms with Gasteiger partial charge >= 0.3 is 0 Å². The van der Waals surface area contributed by atoms with Gasteiger partial charge in [0.2, 0.25) is 0 Å². The van der Waals surface area contributed by atoms with Crippen molar-refractivity contribution in [3.8, 4) is 46.0 Å². The molecule has 0 aromatic heterocycles. The lowest BCUT2D eigenvalue weighted by atomic mass is 9.93. The van der Waals surface area contributed by atoms with Crippen LogP contribution in [0.25, 0.3) is 43.1 Å². The van der Waals surface area contributed by atoms with Crippen LogP contribution in [0.4, 0.5) is 0 Å². The number of phenolic OH excluding ortho intramolecular Hbond substituents is 6. The van der Waals surface area contributed by atoms with Gasteiger partial charge < -0.3 is 59.8 Å². The molecule has 0 saturated carbocycles. The van der Waals surface area contributed by atoms with Crippen LogP contribution < -0.4 is 9.47 Å². The van der Waals surface area contributed by atoms with Crippen molar-refractivity contribution in [1.29, 1.82) is 0 Å². The van der Waals surface area contributed by atoms with Crippen LogP contribution in [0.15, 0.2) is 121 Å². The van der Waals surface area contributed by atoms with Crippen LogP contribution in [0.3, 0.4) is 0 Å². The van der Waals surface area contributed by atoms with E-state index in [-0.39, 0.29) is 80.6 Å². The SMILES string of the molecule is Oc1ccc2ccc(O)c(Cc3c(O)ccc4ccc(OCC(O)COCOCC(O)COc5ccc6ccc(O)c(Cc7c(O)ccc8ccc(O)cc78)c6c5)cc34)c2c1. The summed E-state index contributed by atoms with van der Waals surface area (Å²) < 4.78 is 22.6. The molecule has 0 radical (unpaired) electrons. The highest BCUT2D eigenvalue weighted by atomic mass is 16.7. The molecule has 0 aliphatic carbocycles. The van der Waals surface area contributed by atoms with Crippen LogP contribution in [0.1, 0.15) is 22.3 Å². The van der Waals surface area contributed by atoms with Crippen LogP contribution >= 0.6 is 0 Å². The molecule has 2 unspecified atom stereocenters. The minimum Gasteiger partial charge on any atom is -0.508 e. The minimum atomic E-state index is -1.01. The molecule has 0 spiro atoms. The topological polar surface area (TPSA) is 199 Å². The maximum absolute atomic E-state index is 10.9. The lowest BCUT2D eigenvalue weighted by molar-refractivity contribution is -0.104. The van der Waals surface area contributed by atoms with Crippen molar-refractivity contribution in [2.75, 3.05) is 33.2 Å². The molecule has 8 N–H and O–H groups in total. The van der Waals surface area contributed by atoms with Gasteiger partial charge in [-0.25, -0.2) is 0 Å². The summed E-state index contributed by atoms with van der Waals surface area (Å²) in [6.07, 6.45) is -1.66. The second-order valence-electron chi connectivity index (χ2n) is 15.0. The number of hydrogen-bond acceptors (Lipinski definition) is 12. The lowest BCUT2D eigenvalue weighted by Crippen LogP contribution is -2.26. The fraction of sp³-hybridized carbons (Fsp3) is 0.184. The largest absolute Gasteiger partial charge is 0.508 e. The summed E-state index contributed by atoms with van der Waals surface area (Å²) in [5.41, 5.74) is 2.23. The predicted molar refractivity (Wildman–Crippen MR) is 231 cm³/mol. The summed E-state index contributed by atoms with van der Waals surface area (Å²) in [5, 5.41) is 90.7. The third-order valence-corrected chi connectivity index (χ3v) is 10.7. The maximum atomic E-state index is 10.9. The molecule has 0 amide bonds.